The van der Waals surface area contributed by atoms with E-state index in [0.717, 1.165) is 5.56 Å². The molecule has 1 aliphatic rings. The van der Waals surface area contributed by atoms with Crippen molar-refractivity contribution in [3.05, 3.63) is 35.9 Å². The lowest BCUT2D eigenvalue weighted by molar-refractivity contribution is -0.174. The van der Waals surface area contributed by atoms with Crippen LogP contribution in [-0.4, -0.2) is 43.1 Å². The zero-order valence-electron chi connectivity index (χ0n) is 13.1. The third-order valence-corrected chi connectivity index (χ3v) is 4.14. The van der Waals surface area contributed by atoms with Crippen LogP contribution in [0.15, 0.2) is 30.3 Å². The monoisotopic (exact) mass is 308 g/mol. The van der Waals surface area contributed by atoms with Crippen LogP contribution in [0.1, 0.15) is 25.3 Å². The molecule has 0 unspecified atom stereocenters. The number of rotatable bonds is 6. The van der Waals surface area contributed by atoms with Gasteiger partial charge < -0.3 is 19.3 Å². The summed E-state index contributed by atoms with van der Waals surface area (Å²) in [6.07, 6.45) is 0.160. The molecule has 0 spiro atoms. The first kappa shape index (κ1) is 16.9. The van der Waals surface area contributed by atoms with Crippen molar-refractivity contribution in [2.75, 3.05) is 13.7 Å². The smallest absolute Gasteiger partial charge is 0.308 e. The molecule has 1 aromatic rings. The van der Waals surface area contributed by atoms with Crippen molar-refractivity contribution in [3.8, 4) is 0 Å². The van der Waals surface area contributed by atoms with Crippen LogP contribution in [0.25, 0.3) is 0 Å². The molecule has 1 aliphatic heterocycles. The average Bonchev–Trinajstić information content (AvgIpc) is 2.56. The van der Waals surface area contributed by atoms with E-state index in [-0.39, 0.29) is 43.2 Å². The van der Waals surface area contributed by atoms with Crippen LogP contribution in [0.3, 0.4) is 0 Å². The van der Waals surface area contributed by atoms with Crippen molar-refractivity contribution < 1.29 is 24.1 Å². The molecular weight excluding hydrogens is 284 g/mol. The lowest BCUT2D eigenvalue weighted by Crippen LogP contribution is -2.46. The van der Waals surface area contributed by atoms with Gasteiger partial charge in [0.15, 0.2) is 0 Å². The summed E-state index contributed by atoms with van der Waals surface area (Å²) in [5, 5.41) is 9.39. The number of ether oxygens (including phenoxy) is 3. The Morgan fingerprint density at radius 1 is 1.36 bits per heavy atom. The van der Waals surface area contributed by atoms with Gasteiger partial charge in [-0.25, -0.2) is 0 Å². The van der Waals surface area contributed by atoms with E-state index in [1.807, 2.05) is 37.3 Å². The molecule has 22 heavy (non-hydrogen) atoms. The molecule has 122 valence electrons. The predicted octanol–water partition coefficient (Wildman–Crippen LogP) is 1.92. The second kappa shape index (κ2) is 8.27. The molecule has 0 aliphatic carbocycles. The summed E-state index contributed by atoms with van der Waals surface area (Å²) in [7, 11) is 1.36. The minimum Gasteiger partial charge on any atom is -0.469 e. The van der Waals surface area contributed by atoms with E-state index in [1.165, 1.54) is 7.11 Å². The maximum Gasteiger partial charge on any atom is 0.308 e. The van der Waals surface area contributed by atoms with E-state index in [1.54, 1.807) is 0 Å². The normalized spacial score (nSPS) is 28.3. The first-order valence-electron chi connectivity index (χ1n) is 7.62. The van der Waals surface area contributed by atoms with E-state index in [4.69, 9.17) is 14.2 Å². The number of hydrogen-bond donors (Lipinski definition) is 1. The number of aliphatic hydroxyl groups excluding tert-OH is 1. The summed E-state index contributed by atoms with van der Waals surface area (Å²) >= 11 is 0. The summed E-state index contributed by atoms with van der Waals surface area (Å²) < 4.78 is 16.5. The number of esters is 1. The molecular formula is C17H24O5. The number of aliphatic hydroxyl groups is 1. The molecule has 0 saturated carbocycles. The standard InChI is InChI=1S/C17H24O5/c1-12-15(21-11-13-6-4-3-5-7-13)8-14(10-18)22-16(12)9-17(19)20-2/h3-7,12,14-16,18H,8-11H2,1-2H3/t12-,14+,15+,16+/m1/s1. The zero-order chi connectivity index (χ0) is 15.9. The van der Waals surface area contributed by atoms with Gasteiger partial charge in [0.1, 0.15) is 0 Å². The van der Waals surface area contributed by atoms with Crippen molar-refractivity contribution in [2.24, 2.45) is 5.92 Å². The van der Waals surface area contributed by atoms with Crippen LogP contribution >= 0.6 is 0 Å². The second-order valence-corrected chi connectivity index (χ2v) is 5.69. The molecule has 0 radical (unpaired) electrons. The highest BCUT2D eigenvalue weighted by Crippen LogP contribution is 2.30. The van der Waals surface area contributed by atoms with Crippen LogP contribution in [0, 0.1) is 5.92 Å². The molecule has 4 atom stereocenters. The van der Waals surface area contributed by atoms with Gasteiger partial charge in [0.25, 0.3) is 0 Å². The lowest BCUT2D eigenvalue weighted by atomic mass is 9.88. The number of carbonyl (C=O) groups is 1. The average molecular weight is 308 g/mol. The Balaban J connectivity index is 1.97. The summed E-state index contributed by atoms with van der Waals surface area (Å²) in [5.41, 5.74) is 1.10. The Kier molecular flexibility index (Phi) is 6.36. The summed E-state index contributed by atoms with van der Waals surface area (Å²) in [5.74, 6) is -0.247. The van der Waals surface area contributed by atoms with E-state index < -0.39 is 0 Å². The molecule has 2 rings (SSSR count). The maximum atomic E-state index is 11.5. The predicted molar refractivity (Wildman–Crippen MR) is 81.2 cm³/mol. The Bertz CT molecular complexity index is 461. The van der Waals surface area contributed by atoms with Crippen molar-refractivity contribution in [1.29, 1.82) is 0 Å². The summed E-state index contributed by atoms with van der Waals surface area (Å²) in [6, 6.07) is 9.94. The Labute approximate surface area is 131 Å². The highest BCUT2D eigenvalue weighted by molar-refractivity contribution is 5.69. The summed E-state index contributed by atoms with van der Waals surface area (Å²) in [4.78, 5) is 11.5. The van der Waals surface area contributed by atoms with Gasteiger partial charge in [0.2, 0.25) is 0 Å². The van der Waals surface area contributed by atoms with Crippen LogP contribution in [0.2, 0.25) is 0 Å². The quantitative estimate of drug-likeness (QED) is 0.813. The maximum absolute atomic E-state index is 11.5. The molecule has 1 saturated heterocycles. The van der Waals surface area contributed by atoms with Gasteiger partial charge in [-0.3, -0.25) is 4.79 Å². The molecule has 0 bridgehead atoms. The molecule has 1 fully saturated rings. The van der Waals surface area contributed by atoms with Gasteiger partial charge in [0, 0.05) is 12.3 Å². The molecule has 1 N–H and O–H groups in total. The number of methoxy groups -OCH3 is 1. The van der Waals surface area contributed by atoms with E-state index in [9.17, 15) is 9.90 Å². The Morgan fingerprint density at radius 2 is 2.09 bits per heavy atom. The number of carbonyl (C=O) groups excluding carboxylic acids is 1. The van der Waals surface area contributed by atoms with Crippen molar-refractivity contribution in [1.82, 2.24) is 0 Å². The molecule has 0 aromatic heterocycles. The minimum atomic E-state index is -0.308. The van der Waals surface area contributed by atoms with Gasteiger partial charge in [-0.15, -0.1) is 0 Å². The van der Waals surface area contributed by atoms with Crippen molar-refractivity contribution >= 4 is 5.97 Å². The van der Waals surface area contributed by atoms with Gasteiger partial charge in [0.05, 0.1) is 45.1 Å². The van der Waals surface area contributed by atoms with Crippen molar-refractivity contribution in [3.63, 3.8) is 0 Å². The van der Waals surface area contributed by atoms with E-state index >= 15 is 0 Å². The van der Waals surface area contributed by atoms with Crippen LogP contribution in [0.5, 0.6) is 0 Å². The topological polar surface area (TPSA) is 65.0 Å². The molecule has 5 nitrogen and oxygen atoms in total. The third kappa shape index (κ3) is 4.53. The highest BCUT2D eigenvalue weighted by atomic mass is 16.5. The SMILES string of the molecule is COC(=O)C[C@@H]1O[C@H](CO)C[C@H](OCc2ccccc2)[C@H]1C. The first-order valence-corrected chi connectivity index (χ1v) is 7.62. The van der Waals surface area contributed by atoms with Gasteiger partial charge >= 0.3 is 5.97 Å². The van der Waals surface area contributed by atoms with Gasteiger partial charge in [-0.2, -0.15) is 0 Å². The Hall–Kier alpha value is -1.43. The lowest BCUT2D eigenvalue weighted by Gasteiger charge is -2.39. The number of benzene rings is 1. The van der Waals surface area contributed by atoms with E-state index in [0.29, 0.717) is 13.0 Å². The highest BCUT2D eigenvalue weighted by Gasteiger charge is 2.37. The third-order valence-electron chi connectivity index (χ3n) is 4.14. The zero-order valence-corrected chi connectivity index (χ0v) is 13.1. The fourth-order valence-corrected chi connectivity index (χ4v) is 2.74. The molecule has 5 heteroatoms. The van der Waals surface area contributed by atoms with Crippen molar-refractivity contribution in [2.45, 2.75) is 44.7 Å². The fourth-order valence-electron chi connectivity index (χ4n) is 2.74. The molecule has 1 aromatic carbocycles. The largest absolute Gasteiger partial charge is 0.469 e. The molecule has 0 amide bonds. The van der Waals surface area contributed by atoms with Crippen LogP contribution in [0.4, 0.5) is 0 Å². The second-order valence-electron chi connectivity index (χ2n) is 5.69. The Morgan fingerprint density at radius 3 is 2.73 bits per heavy atom. The molecule has 1 heterocycles. The fraction of sp³-hybridized carbons (Fsp3) is 0.588. The minimum absolute atomic E-state index is 0.0548. The number of hydrogen-bond acceptors (Lipinski definition) is 5. The van der Waals surface area contributed by atoms with Gasteiger partial charge in [-0.1, -0.05) is 37.3 Å². The summed E-state index contributed by atoms with van der Waals surface area (Å²) in [6.45, 7) is 2.45. The van der Waals surface area contributed by atoms with E-state index in [2.05, 4.69) is 0 Å². The van der Waals surface area contributed by atoms with Crippen LogP contribution < -0.4 is 0 Å². The van der Waals surface area contributed by atoms with Crippen LogP contribution in [-0.2, 0) is 25.6 Å². The first-order chi connectivity index (χ1) is 10.6. The van der Waals surface area contributed by atoms with Gasteiger partial charge in [-0.05, 0) is 5.56 Å².